The summed E-state index contributed by atoms with van der Waals surface area (Å²) in [5, 5.41) is 7.46. The van der Waals surface area contributed by atoms with Gasteiger partial charge in [-0.3, -0.25) is 19.8 Å². The molecular weight excluding hydrogens is 210 g/mol. The molecule has 0 aliphatic heterocycles. The number of carbonyl (C=O) groups excluding carboxylic acids is 1. The van der Waals surface area contributed by atoms with E-state index in [9.17, 15) is 9.59 Å². The van der Waals surface area contributed by atoms with Gasteiger partial charge in [0.1, 0.15) is 5.69 Å². The Balaban J connectivity index is 2.18. The number of nitrogens with one attached hydrogen (secondary N) is 3. The molecule has 16 heavy (non-hydrogen) atoms. The largest absolute Gasteiger partial charge is 0.379 e. The normalized spacial score (nSPS) is 10.7. The minimum Gasteiger partial charge on any atom is -0.379 e. The van der Waals surface area contributed by atoms with Crippen LogP contribution in [0.25, 0.3) is 0 Å². The van der Waals surface area contributed by atoms with Crippen LogP contribution in [-0.2, 0) is 4.74 Å². The van der Waals surface area contributed by atoms with Crippen molar-refractivity contribution in [3.05, 3.63) is 22.1 Å². The highest BCUT2D eigenvalue weighted by atomic mass is 16.5. The number of carbonyl (C=O) groups is 1. The Labute approximate surface area is 93.4 Å². The van der Waals surface area contributed by atoms with Crippen LogP contribution in [0.2, 0.25) is 0 Å². The summed E-state index contributed by atoms with van der Waals surface area (Å²) in [6.45, 7) is 5.06. The zero-order valence-corrected chi connectivity index (χ0v) is 9.50. The number of ether oxygens (including phenoxy) is 1. The maximum atomic E-state index is 11.4. The van der Waals surface area contributed by atoms with Crippen molar-refractivity contribution in [2.45, 2.75) is 26.4 Å². The van der Waals surface area contributed by atoms with E-state index in [4.69, 9.17) is 4.74 Å². The molecule has 0 fully saturated rings. The van der Waals surface area contributed by atoms with Crippen molar-refractivity contribution in [1.29, 1.82) is 0 Å². The molecular formula is C10H17N3O3. The van der Waals surface area contributed by atoms with Crippen molar-refractivity contribution in [2.75, 3.05) is 13.2 Å². The van der Waals surface area contributed by atoms with Crippen LogP contribution in [0.15, 0.2) is 10.9 Å². The summed E-state index contributed by atoms with van der Waals surface area (Å²) in [7, 11) is 0. The van der Waals surface area contributed by atoms with Gasteiger partial charge in [0, 0.05) is 19.2 Å². The number of H-pyrrole nitrogens is 2. The summed E-state index contributed by atoms with van der Waals surface area (Å²) in [5.74, 6) is -0.289. The first-order valence-corrected chi connectivity index (χ1v) is 5.27. The second-order valence-corrected chi connectivity index (χ2v) is 3.70. The summed E-state index contributed by atoms with van der Waals surface area (Å²) in [4.78, 5) is 22.2. The maximum absolute atomic E-state index is 11.4. The molecule has 1 aromatic rings. The molecule has 1 rings (SSSR count). The molecule has 0 aromatic carbocycles. The number of rotatable bonds is 6. The molecule has 0 aliphatic rings. The van der Waals surface area contributed by atoms with Gasteiger partial charge in [-0.15, -0.1) is 0 Å². The molecule has 90 valence electrons. The van der Waals surface area contributed by atoms with Gasteiger partial charge in [0.2, 0.25) is 0 Å². The summed E-state index contributed by atoms with van der Waals surface area (Å²) in [5.41, 5.74) is -0.0666. The van der Waals surface area contributed by atoms with Gasteiger partial charge in [-0.25, -0.2) is 0 Å². The molecule has 1 heterocycles. The predicted octanol–water partition coefficient (Wildman–Crippen LogP) is 0.248. The molecule has 6 nitrogen and oxygen atoms in total. The van der Waals surface area contributed by atoms with Crippen LogP contribution in [-0.4, -0.2) is 35.4 Å². The third-order valence-electron chi connectivity index (χ3n) is 1.90. The second-order valence-electron chi connectivity index (χ2n) is 3.70. The van der Waals surface area contributed by atoms with Gasteiger partial charge >= 0.3 is 0 Å². The summed E-state index contributed by atoms with van der Waals surface area (Å²) in [6.07, 6.45) is 0.954. The summed E-state index contributed by atoms with van der Waals surface area (Å²) < 4.78 is 5.32. The van der Waals surface area contributed by atoms with Gasteiger partial charge in [-0.05, 0) is 20.3 Å². The molecule has 0 bridgehead atoms. The Hall–Kier alpha value is -1.56. The van der Waals surface area contributed by atoms with Crippen molar-refractivity contribution in [1.82, 2.24) is 15.5 Å². The van der Waals surface area contributed by atoms with E-state index >= 15 is 0 Å². The number of aromatic nitrogens is 2. The zero-order valence-electron chi connectivity index (χ0n) is 9.50. The van der Waals surface area contributed by atoms with Crippen LogP contribution >= 0.6 is 0 Å². The summed E-state index contributed by atoms with van der Waals surface area (Å²) in [6, 6.07) is 1.22. The van der Waals surface area contributed by atoms with Gasteiger partial charge in [-0.1, -0.05) is 0 Å². The van der Waals surface area contributed by atoms with E-state index in [1.165, 1.54) is 6.07 Å². The fourth-order valence-electron chi connectivity index (χ4n) is 1.14. The van der Waals surface area contributed by atoms with E-state index in [1.807, 2.05) is 13.8 Å². The molecule has 0 saturated heterocycles. The van der Waals surface area contributed by atoms with Gasteiger partial charge < -0.3 is 10.1 Å². The fourth-order valence-corrected chi connectivity index (χ4v) is 1.14. The SMILES string of the molecule is CC(C)OCCCNC(=O)c1cc(=O)[nH][nH]1. The quantitative estimate of drug-likeness (QED) is 0.609. The van der Waals surface area contributed by atoms with Crippen molar-refractivity contribution in [3.8, 4) is 0 Å². The lowest BCUT2D eigenvalue weighted by atomic mass is 10.3. The zero-order chi connectivity index (χ0) is 12.0. The minimum absolute atomic E-state index is 0.205. The molecule has 0 saturated carbocycles. The van der Waals surface area contributed by atoms with Crippen molar-refractivity contribution >= 4 is 5.91 Å². The first-order valence-electron chi connectivity index (χ1n) is 5.27. The molecule has 1 aromatic heterocycles. The molecule has 0 spiro atoms. The predicted molar refractivity (Wildman–Crippen MR) is 59.5 cm³/mol. The number of hydrogen-bond acceptors (Lipinski definition) is 3. The monoisotopic (exact) mass is 227 g/mol. The number of aromatic amines is 2. The molecule has 1 amide bonds. The lowest BCUT2D eigenvalue weighted by molar-refractivity contribution is 0.0756. The average molecular weight is 227 g/mol. The lowest BCUT2D eigenvalue weighted by Gasteiger charge is -2.07. The Bertz CT molecular complexity index is 381. The highest BCUT2D eigenvalue weighted by molar-refractivity contribution is 5.91. The van der Waals surface area contributed by atoms with E-state index in [-0.39, 0.29) is 23.3 Å². The van der Waals surface area contributed by atoms with E-state index in [2.05, 4.69) is 15.5 Å². The van der Waals surface area contributed by atoms with Crippen molar-refractivity contribution in [3.63, 3.8) is 0 Å². The molecule has 0 unspecified atom stereocenters. The highest BCUT2D eigenvalue weighted by Gasteiger charge is 2.06. The van der Waals surface area contributed by atoms with Crippen molar-refractivity contribution < 1.29 is 9.53 Å². The Kier molecular flexibility index (Phi) is 4.78. The Morgan fingerprint density at radius 1 is 1.50 bits per heavy atom. The van der Waals surface area contributed by atoms with Crippen molar-refractivity contribution in [2.24, 2.45) is 0 Å². The Morgan fingerprint density at radius 2 is 2.25 bits per heavy atom. The van der Waals surface area contributed by atoms with Crippen LogP contribution in [0.3, 0.4) is 0 Å². The molecule has 6 heteroatoms. The smallest absolute Gasteiger partial charge is 0.269 e. The minimum atomic E-state index is -0.312. The molecule has 0 atom stereocenters. The lowest BCUT2D eigenvalue weighted by Crippen LogP contribution is -2.26. The fraction of sp³-hybridized carbons (Fsp3) is 0.600. The van der Waals surface area contributed by atoms with Crippen LogP contribution in [0.4, 0.5) is 0 Å². The second kappa shape index (κ2) is 6.12. The van der Waals surface area contributed by atoms with Gasteiger partial charge in [0.15, 0.2) is 0 Å². The van der Waals surface area contributed by atoms with E-state index < -0.39 is 0 Å². The van der Waals surface area contributed by atoms with Gasteiger partial charge in [0.25, 0.3) is 11.5 Å². The topological polar surface area (TPSA) is 87.0 Å². The van der Waals surface area contributed by atoms with E-state index in [0.29, 0.717) is 13.2 Å². The average Bonchev–Trinajstić information content (AvgIpc) is 2.63. The first kappa shape index (κ1) is 12.5. The summed E-state index contributed by atoms with van der Waals surface area (Å²) >= 11 is 0. The molecule has 0 radical (unpaired) electrons. The molecule has 3 N–H and O–H groups in total. The van der Waals surface area contributed by atoms with Crippen LogP contribution in [0.1, 0.15) is 30.8 Å². The van der Waals surface area contributed by atoms with E-state index in [1.54, 1.807) is 0 Å². The van der Waals surface area contributed by atoms with Crippen LogP contribution in [0.5, 0.6) is 0 Å². The third kappa shape index (κ3) is 4.31. The maximum Gasteiger partial charge on any atom is 0.269 e. The van der Waals surface area contributed by atoms with Crippen LogP contribution < -0.4 is 10.9 Å². The number of hydrogen-bond donors (Lipinski definition) is 3. The van der Waals surface area contributed by atoms with Gasteiger partial charge in [-0.2, -0.15) is 0 Å². The first-order chi connectivity index (χ1) is 7.59. The van der Waals surface area contributed by atoms with Crippen LogP contribution in [0, 0.1) is 0 Å². The van der Waals surface area contributed by atoms with Gasteiger partial charge in [0.05, 0.1) is 6.10 Å². The highest BCUT2D eigenvalue weighted by Crippen LogP contribution is 1.91. The van der Waals surface area contributed by atoms with E-state index in [0.717, 1.165) is 6.42 Å². The standard InChI is InChI=1S/C10H17N3O3/c1-7(2)16-5-3-4-11-10(15)8-6-9(14)13-12-8/h6-7H,3-5H2,1-2H3,(H,11,15)(H2,12,13,14). The third-order valence-corrected chi connectivity index (χ3v) is 1.90. The molecule has 0 aliphatic carbocycles. The Morgan fingerprint density at radius 3 is 2.81 bits per heavy atom. The number of amides is 1.